The Kier molecular flexibility index (Phi) is 6.82. The zero-order chi connectivity index (χ0) is 21.5. The number of carbonyl (C=O) groups excluding carboxylic acids is 3. The van der Waals surface area contributed by atoms with Crippen molar-refractivity contribution < 1.29 is 14.4 Å². The van der Waals surface area contributed by atoms with Gasteiger partial charge >= 0.3 is 0 Å². The molecule has 3 N–H and O–H groups in total. The maximum Gasteiger partial charge on any atom is 0.253 e. The highest BCUT2D eigenvalue weighted by atomic mass is 35.5. The van der Waals surface area contributed by atoms with Crippen LogP contribution in [0.25, 0.3) is 0 Å². The standard InChI is InChI=1S/C21H20ClN5O3/c1-14(27-11-5-10-24-27)20(29)26-16-7-4-6-15(12-16)25-19(28)13-23-21(30)17-8-2-3-9-18(17)22/h2-12,14H,13H2,1H3,(H,23,30)(H,25,28)(H,26,29). The van der Waals surface area contributed by atoms with Crippen molar-refractivity contribution in [3.05, 3.63) is 77.6 Å². The lowest BCUT2D eigenvalue weighted by Gasteiger charge is -2.13. The van der Waals surface area contributed by atoms with Crippen LogP contribution in [0.4, 0.5) is 11.4 Å². The van der Waals surface area contributed by atoms with Crippen molar-refractivity contribution in [2.24, 2.45) is 0 Å². The van der Waals surface area contributed by atoms with Crippen LogP contribution in [-0.2, 0) is 9.59 Å². The summed E-state index contributed by atoms with van der Waals surface area (Å²) in [5.41, 5.74) is 1.30. The summed E-state index contributed by atoms with van der Waals surface area (Å²) in [5, 5.41) is 12.3. The van der Waals surface area contributed by atoms with Crippen LogP contribution in [0.15, 0.2) is 67.0 Å². The van der Waals surface area contributed by atoms with Gasteiger partial charge in [0.2, 0.25) is 11.8 Å². The molecule has 3 rings (SSSR count). The molecule has 3 amide bonds. The van der Waals surface area contributed by atoms with E-state index in [0.717, 1.165) is 0 Å². The van der Waals surface area contributed by atoms with Crippen molar-refractivity contribution in [3.8, 4) is 0 Å². The van der Waals surface area contributed by atoms with Crippen molar-refractivity contribution in [3.63, 3.8) is 0 Å². The summed E-state index contributed by atoms with van der Waals surface area (Å²) in [6.07, 6.45) is 3.31. The van der Waals surface area contributed by atoms with Gasteiger partial charge in [0.05, 0.1) is 17.1 Å². The molecule has 30 heavy (non-hydrogen) atoms. The number of nitrogens with one attached hydrogen (secondary N) is 3. The summed E-state index contributed by atoms with van der Waals surface area (Å²) in [5.74, 6) is -1.10. The van der Waals surface area contributed by atoms with Crippen LogP contribution in [0.5, 0.6) is 0 Å². The molecule has 1 aromatic heterocycles. The van der Waals surface area contributed by atoms with E-state index in [4.69, 9.17) is 11.6 Å². The lowest BCUT2D eigenvalue weighted by Crippen LogP contribution is -2.33. The van der Waals surface area contributed by atoms with Gasteiger partial charge < -0.3 is 16.0 Å². The van der Waals surface area contributed by atoms with E-state index in [-0.39, 0.29) is 12.5 Å². The summed E-state index contributed by atoms with van der Waals surface area (Å²) in [6.45, 7) is 1.51. The number of benzene rings is 2. The van der Waals surface area contributed by atoms with E-state index in [9.17, 15) is 14.4 Å². The smallest absolute Gasteiger partial charge is 0.253 e. The molecule has 3 aromatic rings. The third-order valence-corrected chi connectivity index (χ3v) is 4.57. The lowest BCUT2D eigenvalue weighted by atomic mass is 10.2. The van der Waals surface area contributed by atoms with E-state index in [1.807, 2.05) is 0 Å². The lowest BCUT2D eigenvalue weighted by molar-refractivity contribution is -0.119. The van der Waals surface area contributed by atoms with E-state index >= 15 is 0 Å². The van der Waals surface area contributed by atoms with Crippen LogP contribution in [0, 0.1) is 0 Å². The molecule has 0 aliphatic heterocycles. The van der Waals surface area contributed by atoms with Crippen molar-refractivity contribution >= 4 is 40.7 Å². The molecule has 0 radical (unpaired) electrons. The van der Waals surface area contributed by atoms with Gasteiger partial charge in [0.15, 0.2) is 0 Å². The second-order valence-electron chi connectivity index (χ2n) is 6.44. The predicted octanol–water partition coefficient (Wildman–Crippen LogP) is 3.10. The molecule has 0 aliphatic carbocycles. The minimum atomic E-state index is -0.488. The maximum absolute atomic E-state index is 12.4. The normalized spacial score (nSPS) is 11.4. The van der Waals surface area contributed by atoms with Gasteiger partial charge in [-0.05, 0) is 43.3 Å². The molecule has 0 bridgehead atoms. The minimum Gasteiger partial charge on any atom is -0.343 e. The second-order valence-corrected chi connectivity index (χ2v) is 6.85. The summed E-state index contributed by atoms with van der Waals surface area (Å²) in [6, 6.07) is 14.6. The second kappa shape index (κ2) is 9.71. The fourth-order valence-corrected chi connectivity index (χ4v) is 2.88. The van der Waals surface area contributed by atoms with Gasteiger partial charge in [0.1, 0.15) is 6.04 Å². The Morgan fingerprint density at radius 3 is 2.47 bits per heavy atom. The molecule has 154 valence electrons. The Bertz CT molecular complexity index is 1050. The molecule has 1 atom stereocenters. The van der Waals surface area contributed by atoms with E-state index in [1.165, 1.54) is 0 Å². The zero-order valence-corrected chi connectivity index (χ0v) is 16.9. The SMILES string of the molecule is CC(C(=O)Nc1cccc(NC(=O)CNC(=O)c2ccccc2Cl)c1)n1cccn1. The molecule has 2 aromatic carbocycles. The first-order valence-electron chi connectivity index (χ1n) is 9.16. The Morgan fingerprint density at radius 2 is 1.77 bits per heavy atom. The maximum atomic E-state index is 12.4. The number of carbonyl (C=O) groups is 3. The first-order valence-corrected chi connectivity index (χ1v) is 9.54. The molecule has 0 fully saturated rings. The average Bonchev–Trinajstić information content (AvgIpc) is 3.27. The quantitative estimate of drug-likeness (QED) is 0.540. The molecule has 1 heterocycles. The third-order valence-electron chi connectivity index (χ3n) is 4.24. The molecular weight excluding hydrogens is 406 g/mol. The first-order chi connectivity index (χ1) is 14.4. The van der Waals surface area contributed by atoms with Crippen LogP contribution in [0.2, 0.25) is 5.02 Å². The van der Waals surface area contributed by atoms with Gasteiger partial charge in [-0.25, -0.2) is 0 Å². The molecular formula is C21H20ClN5O3. The molecule has 0 spiro atoms. The highest BCUT2D eigenvalue weighted by molar-refractivity contribution is 6.33. The number of rotatable bonds is 7. The monoisotopic (exact) mass is 425 g/mol. The zero-order valence-electron chi connectivity index (χ0n) is 16.1. The Labute approximate surface area is 178 Å². The van der Waals surface area contributed by atoms with Gasteiger partial charge in [-0.3, -0.25) is 19.1 Å². The van der Waals surface area contributed by atoms with Gasteiger partial charge in [-0.2, -0.15) is 5.10 Å². The van der Waals surface area contributed by atoms with Gasteiger partial charge in [0.25, 0.3) is 5.91 Å². The molecule has 9 heteroatoms. The average molecular weight is 426 g/mol. The topological polar surface area (TPSA) is 105 Å². The number of hydrogen-bond acceptors (Lipinski definition) is 4. The molecule has 8 nitrogen and oxygen atoms in total. The number of halogens is 1. The first kappa shape index (κ1) is 21.1. The van der Waals surface area contributed by atoms with Crippen LogP contribution < -0.4 is 16.0 Å². The Morgan fingerprint density at radius 1 is 1.03 bits per heavy atom. The van der Waals surface area contributed by atoms with Crippen molar-refractivity contribution in [2.45, 2.75) is 13.0 Å². The third kappa shape index (κ3) is 5.45. The highest BCUT2D eigenvalue weighted by Gasteiger charge is 2.15. The summed E-state index contributed by atoms with van der Waals surface area (Å²) >= 11 is 5.98. The Balaban J connectivity index is 1.54. The number of anilines is 2. The largest absolute Gasteiger partial charge is 0.343 e. The fourth-order valence-electron chi connectivity index (χ4n) is 2.66. The number of aromatic nitrogens is 2. The predicted molar refractivity (Wildman–Crippen MR) is 114 cm³/mol. The van der Waals surface area contributed by atoms with E-state index in [0.29, 0.717) is 22.0 Å². The highest BCUT2D eigenvalue weighted by Crippen LogP contribution is 2.17. The van der Waals surface area contributed by atoms with Crippen molar-refractivity contribution in [2.75, 3.05) is 17.2 Å². The Hall–Kier alpha value is -3.65. The van der Waals surface area contributed by atoms with Crippen molar-refractivity contribution in [1.29, 1.82) is 0 Å². The summed E-state index contributed by atoms with van der Waals surface area (Å²) in [4.78, 5) is 36.7. The van der Waals surface area contributed by atoms with Gasteiger partial charge in [-0.1, -0.05) is 29.8 Å². The number of nitrogens with zero attached hydrogens (tertiary/aromatic N) is 2. The summed E-state index contributed by atoms with van der Waals surface area (Å²) < 4.78 is 1.54. The van der Waals surface area contributed by atoms with Crippen LogP contribution in [0.3, 0.4) is 0 Å². The number of hydrogen-bond donors (Lipinski definition) is 3. The van der Waals surface area contributed by atoms with Gasteiger partial charge in [-0.15, -0.1) is 0 Å². The van der Waals surface area contributed by atoms with Crippen molar-refractivity contribution in [1.82, 2.24) is 15.1 Å². The fraction of sp³-hybridized carbons (Fsp3) is 0.143. The minimum absolute atomic E-state index is 0.225. The molecule has 0 saturated carbocycles. The van der Waals surface area contributed by atoms with Crippen LogP contribution in [-0.4, -0.2) is 34.0 Å². The molecule has 0 aliphatic rings. The van der Waals surface area contributed by atoms with Crippen LogP contribution in [0.1, 0.15) is 23.3 Å². The van der Waals surface area contributed by atoms with E-state index in [2.05, 4.69) is 21.0 Å². The number of amides is 3. The van der Waals surface area contributed by atoms with Gasteiger partial charge in [0, 0.05) is 23.8 Å². The molecule has 1 unspecified atom stereocenters. The van der Waals surface area contributed by atoms with E-state index < -0.39 is 17.9 Å². The van der Waals surface area contributed by atoms with Crippen LogP contribution >= 0.6 is 11.6 Å². The molecule has 0 saturated heterocycles. The van der Waals surface area contributed by atoms with E-state index in [1.54, 1.807) is 78.6 Å². The summed E-state index contributed by atoms with van der Waals surface area (Å²) in [7, 11) is 0.